The molecule has 1 amide bonds. The second kappa shape index (κ2) is 8.86. The number of hydrogen-bond acceptors (Lipinski definition) is 5. The molecular formula is C21H28N4O2. The third-order valence-corrected chi connectivity index (χ3v) is 4.65. The maximum absolute atomic E-state index is 12.4. The van der Waals surface area contributed by atoms with Crippen LogP contribution in [0.15, 0.2) is 42.6 Å². The number of carbonyl (C=O) groups excluding carboxylic acids is 1. The van der Waals surface area contributed by atoms with Gasteiger partial charge in [0.15, 0.2) is 0 Å². The maximum atomic E-state index is 12.4. The molecule has 1 saturated heterocycles. The number of ether oxygens (including phenoxy) is 1. The molecule has 144 valence electrons. The average Bonchev–Trinajstić information content (AvgIpc) is 2.69. The summed E-state index contributed by atoms with van der Waals surface area (Å²) < 4.78 is 5.61. The third kappa shape index (κ3) is 5.20. The minimum absolute atomic E-state index is 0.123. The molecule has 6 nitrogen and oxygen atoms in total. The van der Waals surface area contributed by atoms with Gasteiger partial charge in [-0.3, -0.25) is 4.79 Å². The third-order valence-electron chi connectivity index (χ3n) is 4.65. The molecule has 2 heterocycles. The van der Waals surface area contributed by atoms with Crippen molar-refractivity contribution in [1.29, 1.82) is 0 Å². The molecule has 0 bridgehead atoms. The number of hydrogen-bond donors (Lipinski definition) is 1. The van der Waals surface area contributed by atoms with Gasteiger partial charge in [0, 0.05) is 31.9 Å². The van der Waals surface area contributed by atoms with Crippen molar-refractivity contribution in [2.45, 2.75) is 26.9 Å². The van der Waals surface area contributed by atoms with Crippen molar-refractivity contribution < 1.29 is 9.53 Å². The van der Waals surface area contributed by atoms with Gasteiger partial charge >= 0.3 is 0 Å². The van der Waals surface area contributed by atoms with Crippen LogP contribution in [-0.2, 0) is 0 Å². The van der Waals surface area contributed by atoms with E-state index in [0.717, 1.165) is 49.8 Å². The topological polar surface area (TPSA) is 57.7 Å². The molecule has 3 rings (SSSR count). The SMILES string of the molecule is CCN1CCN(c2ccc(C(=O)Nc3ccc(OC(C)C)cc3)nc2)CC1. The van der Waals surface area contributed by atoms with Crippen LogP contribution in [0.5, 0.6) is 5.75 Å². The van der Waals surface area contributed by atoms with Crippen LogP contribution in [0.3, 0.4) is 0 Å². The Bertz CT molecular complexity index is 736. The Balaban J connectivity index is 1.57. The molecular weight excluding hydrogens is 340 g/mol. The van der Waals surface area contributed by atoms with Crippen LogP contribution in [0.25, 0.3) is 0 Å². The van der Waals surface area contributed by atoms with Gasteiger partial charge in [-0.15, -0.1) is 0 Å². The van der Waals surface area contributed by atoms with Gasteiger partial charge in [-0.2, -0.15) is 0 Å². The van der Waals surface area contributed by atoms with Crippen LogP contribution in [0, 0.1) is 0 Å². The van der Waals surface area contributed by atoms with Gasteiger partial charge in [0.2, 0.25) is 0 Å². The highest BCUT2D eigenvalue weighted by atomic mass is 16.5. The summed E-state index contributed by atoms with van der Waals surface area (Å²) in [6.45, 7) is 11.4. The number of likely N-dealkylation sites (N-methyl/N-ethyl adjacent to an activating group) is 1. The van der Waals surface area contributed by atoms with E-state index in [9.17, 15) is 4.79 Å². The lowest BCUT2D eigenvalue weighted by Crippen LogP contribution is -2.46. The van der Waals surface area contributed by atoms with Gasteiger partial charge in [0.25, 0.3) is 5.91 Å². The first-order valence-electron chi connectivity index (χ1n) is 9.56. The van der Waals surface area contributed by atoms with Gasteiger partial charge in [-0.1, -0.05) is 6.92 Å². The van der Waals surface area contributed by atoms with E-state index < -0.39 is 0 Å². The first-order valence-corrected chi connectivity index (χ1v) is 9.56. The van der Waals surface area contributed by atoms with E-state index in [1.165, 1.54) is 0 Å². The Kier molecular flexibility index (Phi) is 6.29. The van der Waals surface area contributed by atoms with Gasteiger partial charge in [0.05, 0.1) is 18.0 Å². The first-order chi connectivity index (χ1) is 13.0. The highest BCUT2D eigenvalue weighted by Gasteiger charge is 2.16. The molecule has 0 aliphatic carbocycles. The Morgan fingerprint density at radius 1 is 1.11 bits per heavy atom. The largest absolute Gasteiger partial charge is 0.491 e. The lowest BCUT2D eigenvalue weighted by atomic mass is 10.2. The molecule has 6 heteroatoms. The van der Waals surface area contributed by atoms with E-state index in [0.29, 0.717) is 5.69 Å². The second-order valence-corrected chi connectivity index (χ2v) is 6.97. The van der Waals surface area contributed by atoms with Crippen LogP contribution in [0.4, 0.5) is 11.4 Å². The number of amides is 1. The summed E-state index contributed by atoms with van der Waals surface area (Å²) in [5.74, 6) is 0.573. The molecule has 0 radical (unpaired) electrons. The van der Waals surface area contributed by atoms with Crippen molar-refractivity contribution in [3.05, 3.63) is 48.3 Å². The van der Waals surface area contributed by atoms with Crippen LogP contribution >= 0.6 is 0 Å². The fourth-order valence-corrected chi connectivity index (χ4v) is 3.11. The number of benzene rings is 1. The van der Waals surface area contributed by atoms with Crippen LogP contribution in [-0.4, -0.2) is 54.6 Å². The van der Waals surface area contributed by atoms with Gasteiger partial charge in [-0.25, -0.2) is 4.98 Å². The Hall–Kier alpha value is -2.60. The highest BCUT2D eigenvalue weighted by molar-refractivity contribution is 6.02. The van der Waals surface area contributed by atoms with Crippen LogP contribution < -0.4 is 15.0 Å². The van der Waals surface area contributed by atoms with Crippen LogP contribution in [0.2, 0.25) is 0 Å². The van der Waals surface area contributed by atoms with Crippen molar-refractivity contribution in [2.75, 3.05) is 42.9 Å². The highest BCUT2D eigenvalue weighted by Crippen LogP contribution is 2.19. The fourth-order valence-electron chi connectivity index (χ4n) is 3.11. The summed E-state index contributed by atoms with van der Waals surface area (Å²) in [5, 5.41) is 2.87. The number of anilines is 2. The molecule has 2 aromatic rings. The monoisotopic (exact) mass is 368 g/mol. The standard InChI is InChI=1S/C21H28N4O2/c1-4-24-11-13-25(14-12-24)18-7-10-20(22-15-18)21(26)23-17-5-8-19(9-6-17)27-16(2)3/h5-10,15-16H,4,11-14H2,1-3H3,(H,23,26). The zero-order valence-electron chi connectivity index (χ0n) is 16.3. The van der Waals surface area contributed by atoms with Gasteiger partial charge in [0.1, 0.15) is 11.4 Å². The van der Waals surface area contributed by atoms with Gasteiger partial charge < -0.3 is 19.9 Å². The van der Waals surface area contributed by atoms with E-state index >= 15 is 0 Å². The number of pyridine rings is 1. The lowest BCUT2D eigenvalue weighted by Gasteiger charge is -2.35. The predicted molar refractivity (Wildman–Crippen MR) is 109 cm³/mol. The molecule has 1 aromatic carbocycles. The molecule has 1 fully saturated rings. The molecule has 1 aromatic heterocycles. The Morgan fingerprint density at radius 3 is 2.37 bits per heavy atom. The minimum Gasteiger partial charge on any atom is -0.491 e. The molecule has 1 aliphatic rings. The predicted octanol–water partition coefficient (Wildman–Crippen LogP) is 3.26. The van der Waals surface area contributed by atoms with E-state index in [1.807, 2.05) is 44.2 Å². The maximum Gasteiger partial charge on any atom is 0.274 e. The molecule has 0 unspecified atom stereocenters. The number of piperazine rings is 1. The quantitative estimate of drug-likeness (QED) is 0.848. The second-order valence-electron chi connectivity index (χ2n) is 6.97. The normalized spacial score (nSPS) is 15.0. The first kappa shape index (κ1) is 19.2. The number of aromatic nitrogens is 1. The molecule has 0 atom stereocenters. The number of nitrogens with one attached hydrogen (secondary N) is 1. The van der Waals surface area contributed by atoms with Crippen molar-refractivity contribution in [1.82, 2.24) is 9.88 Å². The molecule has 0 spiro atoms. The van der Waals surface area contributed by atoms with Crippen molar-refractivity contribution in [2.24, 2.45) is 0 Å². The Labute approximate surface area is 161 Å². The average molecular weight is 368 g/mol. The van der Waals surface area contributed by atoms with E-state index in [2.05, 4.69) is 27.0 Å². The summed E-state index contributed by atoms with van der Waals surface area (Å²) in [6.07, 6.45) is 1.91. The summed E-state index contributed by atoms with van der Waals surface area (Å²) in [5.41, 5.74) is 2.20. The van der Waals surface area contributed by atoms with E-state index in [1.54, 1.807) is 12.3 Å². The van der Waals surface area contributed by atoms with Gasteiger partial charge in [-0.05, 0) is 56.8 Å². The summed E-state index contributed by atoms with van der Waals surface area (Å²) in [7, 11) is 0. The molecule has 27 heavy (non-hydrogen) atoms. The minimum atomic E-state index is -0.213. The zero-order valence-corrected chi connectivity index (χ0v) is 16.3. The number of nitrogens with zero attached hydrogens (tertiary/aromatic N) is 3. The molecule has 0 saturated carbocycles. The van der Waals surface area contributed by atoms with Crippen molar-refractivity contribution in [3.8, 4) is 5.75 Å². The van der Waals surface area contributed by atoms with Crippen molar-refractivity contribution >= 4 is 17.3 Å². The summed E-state index contributed by atoms with van der Waals surface area (Å²) in [6, 6.07) is 11.1. The molecule has 1 aliphatic heterocycles. The Morgan fingerprint density at radius 2 is 1.81 bits per heavy atom. The van der Waals surface area contributed by atoms with Crippen molar-refractivity contribution in [3.63, 3.8) is 0 Å². The van der Waals surface area contributed by atoms with E-state index in [4.69, 9.17) is 4.74 Å². The number of rotatable bonds is 6. The fraction of sp³-hybridized carbons (Fsp3) is 0.429. The summed E-state index contributed by atoms with van der Waals surface area (Å²) >= 11 is 0. The smallest absolute Gasteiger partial charge is 0.274 e. The molecule has 1 N–H and O–H groups in total. The summed E-state index contributed by atoms with van der Waals surface area (Å²) in [4.78, 5) is 21.5. The lowest BCUT2D eigenvalue weighted by molar-refractivity contribution is 0.102. The van der Waals surface area contributed by atoms with E-state index in [-0.39, 0.29) is 12.0 Å². The van der Waals surface area contributed by atoms with Crippen LogP contribution in [0.1, 0.15) is 31.3 Å². The number of carbonyl (C=O) groups is 1. The zero-order chi connectivity index (χ0) is 19.2.